The molecule has 0 amide bonds. The van der Waals surface area contributed by atoms with Gasteiger partial charge in [0.2, 0.25) is 0 Å². The molecular formula is C14H18BrNO2. The smallest absolute Gasteiger partial charge is 0.177 e. The monoisotopic (exact) mass is 311 g/mol. The third kappa shape index (κ3) is 3.40. The summed E-state index contributed by atoms with van der Waals surface area (Å²) in [4.78, 5) is 14.4. The predicted octanol–water partition coefficient (Wildman–Crippen LogP) is 2.74. The molecular weight excluding hydrogens is 294 g/mol. The number of rotatable bonds is 4. The van der Waals surface area contributed by atoms with Crippen LogP contribution in [-0.2, 0) is 4.74 Å². The number of carbonyl (C=O) groups excluding carboxylic acids is 1. The first-order valence-electron chi connectivity index (χ1n) is 6.24. The van der Waals surface area contributed by atoms with Crippen molar-refractivity contribution in [3.63, 3.8) is 0 Å². The Labute approximate surface area is 116 Å². The van der Waals surface area contributed by atoms with Crippen LogP contribution in [0.5, 0.6) is 0 Å². The van der Waals surface area contributed by atoms with Gasteiger partial charge in [-0.3, -0.25) is 9.69 Å². The van der Waals surface area contributed by atoms with Gasteiger partial charge in [-0.2, -0.15) is 0 Å². The molecule has 1 heterocycles. The van der Waals surface area contributed by atoms with E-state index in [1.807, 2.05) is 31.3 Å². The average molecular weight is 312 g/mol. The minimum Gasteiger partial charge on any atom is -0.381 e. The minimum atomic E-state index is 0.163. The molecule has 18 heavy (non-hydrogen) atoms. The number of hydrogen-bond donors (Lipinski definition) is 0. The molecule has 1 aromatic rings. The van der Waals surface area contributed by atoms with Gasteiger partial charge < -0.3 is 4.74 Å². The molecule has 1 aromatic carbocycles. The number of halogens is 1. The van der Waals surface area contributed by atoms with Crippen LogP contribution < -0.4 is 0 Å². The van der Waals surface area contributed by atoms with Gasteiger partial charge in [0.15, 0.2) is 5.78 Å². The summed E-state index contributed by atoms with van der Waals surface area (Å²) in [5, 5.41) is 0. The van der Waals surface area contributed by atoms with Crippen molar-refractivity contribution in [1.82, 2.24) is 4.90 Å². The normalized spacial score (nSPS) is 17.1. The molecule has 0 bridgehead atoms. The molecule has 1 saturated heterocycles. The number of likely N-dealkylation sites (N-methyl/N-ethyl adjacent to an activating group) is 1. The van der Waals surface area contributed by atoms with Crippen LogP contribution in [-0.4, -0.2) is 43.5 Å². The SMILES string of the molecule is CN(CC(=O)c1ccccc1Br)C1CCOCC1. The van der Waals surface area contributed by atoms with E-state index in [9.17, 15) is 4.79 Å². The second kappa shape index (κ2) is 6.45. The number of ketones is 1. The molecule has 98 valence electrons. The molecule has 4 heteroatoms. The van der Waals surface area contributed by atoms with E-state index in [1.165, 1.54) is 0 Å². The lowest BCUT2D eigenvalue weighted by Gasteiger charge is -2.30. The lowest BCUT2D eigenvalue weighted by atomic mass is 10.1. The Kier molecular flexibility index (Phi) is 4.92. The maximum Gasteiger partial charge on any atom is 0.177 e. The van der Waals surface area contributed by atoms with Crippen LogP contribution in [0, 0.1) is 0 Å². The highest BCUT2D eigenvalue weighted by molar-refractivity contribution is 9.10. The Morgan fingerprint density at radius 2 is 2.06 bits per heavy atom. The standard InChI is InChI=1S/C14H18BrNO2/c1-16(11-6-8-18-9-7-11)10-14(17)12-4-2-3-5-13(12)15/h2-5,11H,6-10H2,1H3. The molecule has 2 rings (SSSR count). The number of benzene rings is 1. The molecule has 3 nitrogen and oxygen atoms in total. The van der Waals surface area contributed by atoms with E-state index < -0.39 is 0 Å². The first-order valence-corrected chi connectivity index (χ1v) is 7.03. The van der Waals surface area contributed by atoms with Gasteiger partial charge in [0, 0.05) is 29.3 Å². The molecule has 1 fully saturated rings. The summed E-state index contributed by atoms with van der Waals surface area (Å²) in [6.45, 7) is 2.07. The Hall–Kier alpha value is -0.710. The topological polar surface area (TPSA) is 29.5 Å². The van der Waals surface area contributed by atoms with Gasteiger partial charge >= 0.3 is 0 Å². The third-order valence-electron chi connectivity index (χ3n) is 3.38. The number of nitrogens with zero attached hydrogens (tertiary/aromatic N) is 1. The maximum absolute atomic E-state index is 12.2. The Balaban J connectivity index is 1.96. The van der Waals surface area contributed by atoms with E-state index in [0.717, 1.165) is 36.1 Å². The number of hydrogen-bond acceptors (Lipinski definition) is 3. The molecule has 1 aliphatic rings. The van der Waals surface area contributed by atoms with Crippen molar-refractivity contribution in [1.29, 1.82) is 0 Å². The molecule has 0 N–H and O–H groups in total. The van der Waals surface area contributed by atoms with Gasteiger partial charge in [0.1, 0.15) is 0 Å². The largest absolute Gasteiger partial charge is 0.381 e. The number of ether oxygens (including phenoxy) is 1. The van der Waals surface area contributed by atoms with Gasteiger partial charge in [0.25, 0.3) is 0 Å². The number of Topliss-reactive ketones (excluding diaryl/α,β-unsaturated/α-hetero) is 1. The van der Waals surface area contributed by atoms with Crippen molar-refractivity contribution in [2.45, 2.75) is 18.9 Å². The molecule has 0 spiro atoms. The summed E-state index contributed by atoms with van der Waals surface area (Å²) >= 11 is 3.42. The fourth-order valence-electron chi connectivity index (χ4n) is 2.25. The molecule has 1 aliphatic heterocycles. The zero-order valence-corrected chi connectivity index (χ0v) is 12.1. The minimum absolute atomic E-state index is 0.163. The summed E-state index contributed by atoms with van der Waals surface area (Å²) in [5.41, 5.74) is 0.761. The van der Waals surface area contributed by atoms with Crippen molar-refractivity contribution in [2.75, 3.05) is 26.8 Å². The van der Waals surface area contributed by atoms with Gasteiger partial charge in [0.05, 0.1) is 6.54 Å². The lowest BCUT2D eigenvalue weighted by molar-refractivity contribution is 0.0418. The van der Waals surface area contributed by atoms with Crippen molar-refractivity contribution in [3.8, 4) is 0 Å². The van der Waals surface area contributed by atoms with Crippen molar-refractivity contribution < 1.29 is 9.53 Å². The summed E-state index contributed by atoms with van der Waals surface area (Å²) in [7, 11) is 2.02. The van der Waals surface area contributed by atoms with Crippen LogP contribution in [0.4, 0.5) is 0 Å². The third-order valence-corrected chi connectivity index (χ3v) is 4.07. The van der Waals surface area contributed by atoms with Crippen molar-refractivity contribution in [3.05, 3.63) is 34.3 Å². The molecule has 0 unspecified atom stereocenters. The zero-order chi connectivity index (χ0) is 13.0. The summed E-state index contributed by atoms with van der Waals surface area (Å²) in [6.07, 6.45) is 2.03. The molecule has 0 aromatic heterocycles. The quantitative estimate of drug-likeness (QED) is 0.801. The summed E-state index contributed by atoms with van der Waals surface area (Å²) in [6, 6.07) is 8.05. The first kappa shape index (κ1) is 13.7. The summed E-state index contributed by atoms with van der Waals surface area (Å²) in [5.74, 6) is 0.163. The highest BCUT2D eigenvalue weighted by Crippen LogP contribution is 2.18. The molecule has 0 aliphatic carbocycles. The average Bonchev–Trinajstić information content (AvgIpc) is 2.40. The van der Waals surface area contributed by atoms with E-state index in [2.05, 4.69) is 20.8 Å². The van der Waals surface area contributed by atoms with E-state index in [1.54, 1.807) is 0 Å². The van der Waals surface area contributed by atoms with Crippen LogP contribution in [0.3, 0.4) is 0 Å². The van der Waals surface area contributed by atoms with Gasteiger partial charge in [-0.25, -0.2) is 0 Å². The van der Waals surface area contributed by atoms with Crippen LogP contribution >= 0.6 is 15.9 Å². The van der Waals surface area contributed by atoms with Crippen LogP contribution in [0.1, 0.15) is 23.2 Å². The van der Waals surface area contributed by atoms with Gasteiger partial charge in [-0.1, -0.05) is 34.1 Å². The lowest BCUT2D eigenvalue weighted by Crippen LogP contribution is -2.39. The van der Waals surface area contributed by atoms with E-state index in [-0.39, 0.29) is 5.78 Å². The molecule has 0 atom stereocenters. The van der Waals surface area contributed by atoms with E-state index in [0.29, 0.717) is 12.6 Å². The highest BCUT2D eigenvalue weighted by atomic mass is 79.9. The zero-order valence-electron chi connectivity index (χ0n) is 10.6. The summed E-state index contributed by atoms with van der Waals surface area (Å²) < 4.78 is 6.21. The van der Waals surface area contributed by atoms with Gasteiger partial charge in [-0.05, 0) is 26.0 Å². The number of carbonyl (C=O) groups is 1. The Bertz CT molecular complexity index is 416. The fraction of sp³-hybridized carbons (Fsp3) is 0.500. The first-order chi connectivity index (χ1) is 8.68. The van der Waals surface area contributed by atoms with E-state index >= 15 is 0 Å². The molecule has 0 saturated carbocycles. The molecule has 0 radical (unpaired) electrons. The van der Waals surface area contributed by atoms with Gasteiger partial charge in [-0.15, -0.1) is 0 Å². The predicted molar refractivity (Wildman–Crippen MR) is 74.9 cm³/mol. The second-order valence-electron chi connectivity index (χ2n) is 4.66. The Morgan fingerprint density at radius 3 is 2.72 bits per heavy atom. The fourth-order valence-corrected chi connectivity index (χ4v) is 2.76. The van der Waals surface area contributed by atoms with E-state index in [4.69, 9.17) is 4.74 Å². The highest BCUT2D eigenvalue weighted by Gasteiger charge is 2.21. The van der Waals surface area contributed by atoms with Crippen molar-refractivity contribution in [2.24, 2.45) is 0 Å². The van der Waals surface area contributed by atoms with Crippen molar-refractivity contribution >= 4 is 21.7 Å². The Morgan fingerprint density at radius 1 is 1.39 bits per heavy atom. The van der Waals surface area contributed by atoms with Crippen LogP contribution in [0.2, 0.25) is 0 Å². The van der Waals surface area contributed by atoms with Crippen LogP contribution in [0.25, 0.3) is 0 Å². The van der Waals surface area contributed by atoms with Crippen LogP contribution in [0.15, 0.2) is 28.7 Å². The maximum atomic E-state index is 12.2. The second-order valence-corrected chi connectivity index (χ2v) is 5.52.